The molecular formula is C40H44N8S. The van der Waals surface area contributed by atoms with Crippen molar-refractivity contribution in [3.8, 4) is 22.4 Å². The number of hydrogen-bond acceptors (Lipinski definition) is 6. The van der Waals surface area contributed by atoms with Crippen LogP contribution in [0.2, 0.25) is 0 Å². The number of likely N-dealkylation sites (tertiary alicyclic amines) is 1. The Morgan fingerprint density at radius 2 is 1.80 bits per heavy atom. The monoisotopic (exact) mass is 668 g/mol. The first-order chi connectivity index (χ1) is 23.5. The first-order valence-electron chi connectivity index (χ1n) is 17.1. The van der Waals surface area contributed by atoms with Gasteiger partial charge in [0.15, 0.2) is 5.65 Å². The molecule has 9 heteroatoms. The fourth-order valence-corrected chi connectivity index (χ4v) is 9.13. The molecule has 1 atom stereocenters. The van der Waals surface area contributed by atoms with E-state index in [1.165, 1.54) is 22.2 Å². The fourth-order valence-electron chi connectivity index (χ4n) is 8.13. The number of aryl methyl sites for hydroxylation is 2. The van der Waals surface area contributed by atoms with Gasteiger partial charge < -0.3 is 9.80 Å². The van der Waals surface area contributed by atoms with E-state index in [1.54, 1.807) is 11.9 Å². The smallest absolute Gasteiger partial charge is 0.151 e. The predicted molar refractivity (Wildman–Crippen MR) is 203 cm³/mol. The molecule has 0 radical (unpaired) electrons. The van der Waals surface area contributed by atoms with Crippen molar-refractivity contribution in [2.75, 3.05) is 24.5 Å². The van der Waals surface area contributed by atoms with E-state index in [-0.39, 0.29) is 10.8 Å². The van der Waals surface area contributed by atoms with Gasteiger partial charge in [-0.3, -0.25) is 13.3 Å². The molecule has 0 bridgehead atoms. The fraction of sp³-hybridized carbons (Fsp3) is 0.325. The highest BCUT2D eigenvalue weighted by atomic mass is 32.2. The third kappa shape index (κ3) is 5.00. The van der Waals surface area contributed by atoms with Crippen LogP contribution in [0, 0.1) is 5.41 Å². The lowest BCUT2D eigenvalue weighted by molar-refractivity contribution is 0.321. The standard InChI is InChI=1S/C40H44N8S/c1-9-47-27(3)40(17-18-46(25-40)26(2)20-39(4,5)6)36-33(47)23-41-38-35(36)34(28-15-16-32-29(19-28)21-43-45(32)8)37(30-22-42-44(7)24-30)48(38)49-31-13-11-10-12-14-31/h10-16,19,21-24H,2-3,9,17-18,20,25H2,1,4-8H3. The summed E-state index contributed by atoms with van der Waals surface area (Å²) in [5.74, 6) is 0. The molecule has 0 saturated carbocycles. The molecule has 8 rings (SSSR count). The molecule has 250 valence electrons. The normalized spacial score (nSPS) is 17.7. The molecule has 4 aromatic heterocycles. The number of rotatable bonds is 7. The van der Waals surface area contributed by atoms with Crippen LogP contribution in [0.3, 0.4) is 0 Å². The van der Waals surface area contributed by atoms with Crippen molar-refractivity contribution in [2.45, 2.75) is 50.8 Å². The first kappa shape index (κ1) is 31.5. The van der Waals surface area contributed by atoms with E-state index in [4.69, 9.17) is 11.6 Å². The Hall–Kier alpha value is -4.76. The summed E-state index contributed by atoms with van der Waals surface area (Å²) < 4.78 is 6.15. The molecule has 0 aliphatic carbocycles. The predicted octanol–water partition coefficient (Wildman–Crippen LogP) is 8.79. The lowest BCUT2D eigenvalue weighted by atomic mass is 9.77. The zero-order valence-electron chi connectivity index (χ0n) is 29.4. The van der Waals surface area contributed by atoms with Crippen molar-refractivity contribution >= 4 is 39.6 Å². The summed E-state index contributed by atoms with van der Waals surface area (Å²) >= 11 is 1.71. The largest absolute Gasteiger partial charge is 0.374 e. The van der Waals surface area contributed by atoms with Crippen LogP contribution in [-0.2, 0) is 19.5 Å². The summed E-state index contributed by atoms with van der Waals surface area (Å²) in [5.41, 5.74) is 11.2. The highest BCUT2D eigenvalue weighted by Crippen LogP contribution is 2.58. The first-order valence-corrected chi connectivity index (χ1v) is 17.9. The van der Waals surface area contributed by atoms with Crippen LogP contribution in [0.5, 0.6) is 0 Å². The zero-order chi connectivity index (χ0) is 34.2. The Kier molecular flexibility index (Phi) is 7.33. The van der Waals surface area contributed by atoms with Crippen molar-refractivity contribution in [1.29, 1.82) is 0 Å². The maximum absolute atomic E-state index is 5.33. The van der Waals surface area contributed by atoms with E-state index < -0.39 is 0 Å². The molecule has 1 fully saturated rings. The van der Waals surface area contributed by atoms with Gasteiger partial charge in [0.05, 0.1) is 40.9 Å². The van der Waals surface area contributed by atoms with Gasteiger partial charge in [-0.15, -0.1) is 0 Å². The number of allylic oxidation sites excluding steroid dienone is 1. The molecule has 6 aromatic rings. The molecule has 2 aromatic carbocycles. The molecule has 1 unspecified atom stereocenters. The highest BCUT2D eigenvalue weighted by Gasteiger charge is 2.52. The molecule has 1 saturated heterocycles. The van der Waals surface area contributed by atoms with Crippen LogP contribution in [0.4, 0.5) is 5.69 Å². The van der Waals surface area contributed by atoms with Gasteiger partial charge in [0, 0.05) is 83.7 Å². The summed E-state index contributed by atoms with van der Waals surface area (Å²) in [6.45, 7) is 21.2. The minimum atomic E-state index is -0.281. The van der Waals surface area contributed by atoms with Crippen LogP contribution < -0.4 is 4.90 Å². The molecule has 1 spiro atoms. The Labute approximate surface area is 292 Å². The Balaban J connectivity index is 1.46. The van der Waals surface area contributed by atoms with Gasteiger partial charge in [-0.2, -0.15) is 10.2 Å². The number of likely N-dealkylation sites (N-methyl/N-ethyl adjacent to an activating group) is 1. The summed E-state index contributed by atoms with van der Waals surface area (Å²) in [4.78, 5) is 11.4. The van der Waals surface area contributed by atoms with E-state index in [1.807, 2.05) is 35.9 Å². The van der Waals surface area contributed by atoms with Crippen LogP contribution in [0.25, 0.3) is 44.3 Å². The molecule has 2 aliphatic rings. The zero-order valence-corrected chi connectivity index (χ0v) is 30.2. The maximum Gasteiger partial charge on any atom is 0.151 e. The van der Waals surface area contributed by atoms with Crippen molar-refractivity contribution < 1.29 is 0 Å². The van der Waals surface area contributed by atoms with Gasteiger partial charge in [0.25, 0.3) is 0 Å². The summed E-state index contributed by atoms with van der Waals surface area (Å²) in [6, 6.07) is 17.3. The van der Waals surface area contributed by atoms with Crippen LogP contribution in [0.15, 0.2) is 103 Å². The van der Waals surface area contributed by atoms with Gasteiger partial charge in [-0.25, -0.2) is 4.98 Å². The number of pyridine rings is 1. The average molecular weight is 669 g/mol. The molecule has 0 N–H and O–H groups in total. The Morgan fingerprint density at radius 3 is 2.51 bits per heavy atom. The SMILES string of the molecule is C=C(CC(C)(C)C)N1CCC2(C1)C(=C)N(CC)c1cnc3c(c(-c4ccc5c(cnn5C)c4)c(-c4cnn(C)c4)n3Sc3ccccc3)c12. The van der Waals surface area contributed by atoms with Crippen molar-refractivity contribution in [1.82, 2.24) is 33.4 Å². The summed E-state index contributed by atoms with van der Waals surface area (Å²) in [6.07, 6.45) is 10.1. The maximum atomic E-state index is 5.33. The second-order valence-electron chi connectivity index (χ2n) is 14.8. The average Bonchev–Trinajstić information content (AvgIpc) is 3.89. The van der Waals surface area contributed by atoms with Crippen LogP contribution in [0.1, 0.15) is 46.1 Å². The number of aromatic nitrogens is 6. The van der Waals surface area contributed by atoms with E-state index >= 15 is 0 Å². The van der Waals surface area contributed by atoms with Gasteiger partial charge in [-0.1, -0.05) is 58.2 Å². The van der Waals surface area contributed by atoms with E-state index in [9.17, 15) is 0 Å². The minimum Gasteiger partial charge on any atom is -0.374 e. The van der Waals surface area contributed by atoms with E-state index in [2.05, 4.69) is 119 Å². The second kappa shape index (κ2) is 11.4. The molecule has 2 aliphatic heterocycles. The minimum absolute atomic E-state index is 0.159. The topological polar surface area (TPSA) is 59.9 Å². The number of anilines is 1. The van der Waals surface area contributed by atoms with E-state index in [0.717, 1.165) is 82.1 Å². The quantitative estimate of drug-likeness (QED) is 0.170. The lowest BCUT2D eigenvalue weighted by Gasteiger charge is -2.31. The Morgan fingerprint density at radius 1 is 1.00 bits per heavy atom. The summed E-state index contributed by atoms with van der Waals surface area (Å²) in [5, 5.41) is 11.5. The van der Waals surface area contributed by atoms with Gasteiger partial charge >= 0.3 is 0 Å². The van der Waals surface area contributed by atoms with E-state index in [0.29, 0.717) is 0 Å². The van der Waals surface area contributed by atoms with Gasteiger partial charge in [-0.05, 0) is 67.0 Å². The Bertz CT molecular complexity index is 2270. The molecule has 6 heterocycles. The second-order valence-corrected chi connectivity index (χ2v) is 15.9. The highest BCUT2D eigenvalue weighted by molar-refractivity contribution is 7.98. The number of fused-ring (bicyclic) bond motifs is 5. The third-order valence-corrected chi connectivity index (χ3v) is 11.3. The third-order valence-electron chi connectivity index (χ3n) is 10.3. The van der Waals surface area contributed by atoms with Crippen LogP contribution in [-0.4, -0.2) is 53.1 Å². The molecule has 0 amide bonds. The molecule has 8 nitrogen and oxygen atoms in total. The van der Waals surface area contributed by atoms with Gasteiger partial charge in [0.2, 0.25) is 0 Å². The number of nitrogens with zero attached hydrogens (tertiary/aromatic N) is 8. The van der Waals surface area contributed by atoms with Gasteiger partial charge in [0.1, 0.15) is 0 Å². The number of benzene rings is 2. The van der Waals surface area contributed by atoms with Crippen LogP contribution >= 0.6 is 11.9 Å². The lowest BCUT2D eigenvalue weighted by Crippen LogP contribution is -2.34. The molecular weight excluding hydrogens is 625 g/mol. The van der Waals surface area contributed by atoms with Crippen molar-refractivity contribution in [3.05, 3.63) is 103 Å². The molecule has 49 heavy (non-hydrogen) atoms. The number of hydrogen-bond donors (Lipinski definition) is 0. The van der Waals surface area contributed by atoms with Crippen molar-refractivity contribution in [2.24, 2.45) is 19.5 Å². The summed E-state index contributed by atoms with van der Waals surface area (Å²) in [7, 11) is 3.98. The van der Waals surface area contributed by atoms with Crippen molar-refractivity contribution in [3.63, 3.8) is 0 Å².